The smallest absolute Gasteiger partial charge is 0.409 e. The van der Waals surface area contributed by atoms with Gasteiger partial charge >= 0.3 is 6.09 Å². The van der Waals surface area contributed by atoms with Gasteiger partial charge in [0.05, 0.1) is 25.2 Å². The Hall–Kier alpha value is -2.75. The first kappa shape index (κ1) is 20.2. The molecule has 9 heteroatoms. The summed E-state index contributed by atoms with van der Waals surface area (Å²) in [5.41, 5.74) is 4.32. The highest BCUT2D eigenvalue weighted by molar-refractivity contribution is 8.00. The first-order chi connectivity index (χ1) is 15.3. The molecule has 0 aliphatic carbocycles. The molecule has 1 amide bonds. The standard InChI is InChI=1S/C22H25N5O3S/c28-13-9-23-7-11-27-17-6-5-16(24-8-10-26-12-14-30-22(26)29)21-19(17)20(25-27)15-3-1-2-4-18(15)31-21/h1-6,23-24,28H,7-14H2. The lowest BCUT2D eigenvalue weighted by atomic mass is 10.1. The molecule has 1 aromatic heterocycles. The molecule has 0 unspecified atom stereocenters. The Labute approximate surface area is 184 Å². The second-order valence-electron chi connectivity index (χ2n) is 7.51. The number of carbonyl (C=O) groups excluding carboxylic acids is 1. The van der Waals surface area contributed by atoms with Gasteiger partial charge in [-0.15, -0.1) is 0 Å². The van der Waals surface area contributed by atoms with E-state index in [-0.39, 0.29) is 12.7 Å². The molecule has 1 fully saturated rings. The molecule has 3 aromatic rings. The summed E-state index contributed by atoms with van der Waals surface area (Å²) in [7, 11) is 0. The predicted molar refractivity (Wildman–Crippen MR) is 121 cm³/mol. The third-order valence-electron chi connectivity index (χ3n) is 5.56. The van der Waals surface area contributed by atoms with E-state index in [2.05, 4.69) is 47.0 Å². The Morgan fingerprint density at radius 2 is 2.03 bits per heavy atom. The summed E-state index contributed by atoms with van der Waals surface area (Å²) >= 11 is 1.76. The fraction of sp³-hybridized carbons (Fsp3) is 0.364. The molecule has 3 N–H and O–H groups in total. The zero-order valence-corrected chi connectivity index (χ0v) is 18.0. The van der Waals surface area contributed by atoms with Crippen LogP contribution in [0.4, 0.5) is 10.5 Å². The van der Waals surface area contributed by atoms with Gasteiger partial charge in [0.25, 0.3) is 0 Å². The van der Waals surface area contributed by atoms with Crippen molar-refractivity contribution in [1.29, 1.82) is 0 Å². The highest BCUT2D eigenvalue weighted by Gasteiger charge is 2.26. The lowest BCUT2D eigenvalue weighted by Gasteiger charge is -2.20. The van der Waals surface area contributed by atoms with Crippen molar-refractivity contribution in [2.45, 2.75) is 16.3 Å². The zero-order valence-electron chi connectivity index (χ0n) is 17.1. The summed E-state index contributed by atoms with van der Waals surface area (Å²) in [6.07, 6.45) is -0.236. The van der Waals surface area contributed by atoms with E-state index >= 15 is 0 Å². The Balaban J connectivity index is 1.45. The maximum atomic E-state index is 11.7. The van der Waals surface area contributed by atoms with Crippen molar-refractivity contribution < 1.29 is 14.6 Å². The Morgan fingerprint density at radius 1 is 1.13 bits per heavy atom. The van der Waals surface area contributed by atoms with Crippen LogP contribution in [0.1, 0.15) is 0 Å². The third kappa shape index (κ3) is 3.84. The molecule has 0 radical (unpaired) electrons. The number of hydrogen-bond donors (Lipinski definition) is 3. The molecule has 2 aromatic carbocycles. The van der Waals surface area contributed by atoms with Crippen LogP contribution in [0, 0.1) is 0 Å². The first-order valence-electron chi connectivity index (χ1n) is 10.5. The predicted octanol–water partition coefficient (Wildman–Crippen LogP) is 2.61. The van der Waals surface area contributed by atoms with Crippen LogP contribution < -0.4 is 10.6 Å². The number of aliphatic hydroxyl groups excluding tert-OH is 1. The number of nitrogens with one attached hydrogen (secondary N) is 2. The van der Waals surface area contributed by atoms with Crippen molar-refractivity contribution in [3.8, 4) is 11.3 Å². The van der Waals surface area contributed by atoms with Crippen LogP contribution in [-0.4, -0.2) is 71.8 Å². The number of rotatable bonds is 9. The molecule has 162 valence electrons. The fourth-order valence-corrected chi connectivity index (χ4v) is 5.24. The number of cyclic esters (lactones) is 1. The van der Waals surface area contributed by atoms with Gasteiger partial charge in [0.1, 0.15) is 12.3 Å². The summed E-state index contributed by atoms with van der Waals surface area (Å²) < 4.78 is 7.06. The van der Waals surface area contributed by atoms with Gasteiger partial charge in [0.15, 0.2) is 0 Å². The van der Waals surface area contributed by atoms with E-state index in [0.717, 1.165) is 40.9 Å². The normalized spacial score (nSPS) is 14.7. The van der Waals surface area contributed by atoms with E-state index in [1.54, 1.807) is 16.7 Å². The molecule has 0 spiro atoms. The second-order valence-corrected chi connectivity index (χ2v) is 8.56. The second kappa shape index (κ2) is 8.78. The van der Waals surface area contributed by atoms with Gasteiger partial charge in [-0.1, -0.05) is 30.0 Å². The highest BCUT2D eigenvalue weighted by Crippen LogP contribution is 2.50. The van der Waals surface area contributed by atoms with Crippen molar-refractivity contribution in [1.82, 2.24) is 20.0 Å². The number of benzene rings is 2. The number of aliphatic hydroxyl groups is 1. The van der Waals surface area contributed by atoms with E-state index in [1.165, 1.54) is 9.79 Å². The average Bonchev–Trinajstić information content (AvgIpc) is 3.37. The molecule has 8 nitrogen and oxygen atoms in total. The number of hydrogen-bond acceptors (Lipinski definition) is 7. The molecule has 0 saturated carbocycles. The number of ether oxygens (including phenoxy) is 1. The molecule has 5 rings (SSSR count). The van der Waals surface area contributed by atoms with Crippen LogP contribution in [0.25, 0.3) is 22.2 Å². The maximum Gasteiger partial charge on any atom is 0.409 e. The Kier molecular flexibility index (Phi) is 5.71. The van der Waals surface area contributed by atoms with E-state index in [0.29, 0.717) is 32.8 Å². The van der Waals surface area contributed by atoms with Crippen LogP contribution >= 0.6 is 11.8 Å². The molecule has 2 aliphatic rings. The van der Waals surface area contributed by atoms with Gasteiger partial charge in [-0.2, -0.15) is 5.10 Å². The summed E-state index contributed by atoms with van der Waals surface area (Å²) in [6, 6.07) is 12.6. The zero-order chi connectivity index (χ0) is 21.2. The highest BCUT2D eigenvalue weighted by atomic mass is 32.2. The van der Waals surface area contributed by atoms with Crippen molar-refractivity contribution >= 4 is 34.4 Å². The molecule has 31 heavy (non-hydrogen) atoms. The quantitative estimate of drug-likeness (QED) is 0.345. The molecular weight excluding hydrogens is 414 g/mol. The van der Waals surface area contributed by atoms with E-state index < -0.39 is 0 Å². The van der Waals surface area contributed by atoms with Gasteiger partial charge in [0.2, 0.25) is 0 Å². The average molecular weight is 440 g/mol. The molecule has 1 saturated heterocycles. The number of nitrogens with zero attached hydrogens (tertiary/aromatic N) is 3. The van der Waals surface area contributed by atoms with Crippen LogP contribution in [0.2, 0.25) is 0 Å². The topological polar surface area (TPSA) is 91.7 Å². The summed E-state index contributed by atoms with van der Waals surface area (Å²) in [6.45, 7) is 4.57. The van der Waals surface area contributed by atoms with Crippen molar-refractivity contribution in [2.75, 3.05) is 51.3 Å². The van der Waals surface area contributed by atoms with Crippen LogP contribution in [-0.2, 0) is 11.3 Å². The van der Waals surface area contributed by atoms with Crippen molar-refractivity contribution in [3.63, 3.8) is 0 Å². The van der Waals surface area contributed by atoms with E-state index in [1.807, 2.05) is 4.68 Å². The van der Waals surface area contributed by atoms with E-state index in [4.69, 9.17) is 14.9 Å². The third-order valence-corrected chi connectivity index (χ3v) is 6.76. The van der Waals surface area contributed by atoms with Gasteiger partial charge < -0.3 is 25.4 Å². The molecule has 3 heterocycles. The number of aromatic nitrogens is 2. The van der Waals surface area contributed by atoms with Crippen molar-refractivity contribution in [2.24, 2.45) is 0 Å². The lowest BCUT2D eigenvalue weighted by Crippen LogP contribution is -2.29. The minimum Gasteiger partial charge on any atom is -0.448 e. The van der Waals surface area contributed by atoms with Crippen molar-refractivity contribution in [3.05, 3.63) is 36.4 Å². The minimum atomic E-state index is -0.236. The monoisotopic (exact) mass is 439 g/mol. The summed E-state index contributed by atoms with van der Waals surface area (Å²) in [5.74, 6) is 0. The molecule has 2 aliphatic heterocycles. The number of amides is 1. The number of fused-ring (bicyclic) bond motifs is 2. The largest absolute Gasteiger partial charge is 0.448 e. The SMILES string of the molecule is O=C1OCCN1CCNc1ccc2c3c(nn2CCNCCO)-c2ccccc2Sc13. The van der Waals surface area contributed by atoms with Gasteiger partial charge in [-0.3, -0.25) is 4.68 Å². The first-order valence-corrected chi connectivity index (χ1v) is 11.4. The summed E-state index contributed by atoms with van der Waals surface area (Å²) in [4.78, 5) is 15.8. The Morgan fingerprint density at radius 3 is 2.87 bits per heavy atom. The summed E-state index contributed by atoms with van der Waals surface area (Å²) in [5, 5.41) is 21.9. The van der Waals surface area contributed by atoms with Gasteiger partial charge in [-0.25, -0.2) is 4.79 Å². The number of carbonyl (C=O) groups is 1. The van der Waals surface area contributed by atoms with Crippen LogP contribution in [0.3, 0.4) is 0 Å². The Bertz CT molecular complexity index is 1120. The molecule has 0 bridgehead atoms. The van der Waals surface area contributed by atoms with Gasteiger partial charge in [-0.05, 0) is 18.2 Å². The minimum absolute atomic E-state index is 0.128. The van der Waals surface area contributed by atoms with Crippen LogP contribution in [0.15, 0.2) is 46.2 Å². The van der Waals surface area contributed by atoms with Gasteiger partial charge in [0, 0.05) is 52.6 Å². The lowest BCUT2D eigenvalue weighted by molar-refractivity contribution is 0.159. The van der Waals surface area contributed by atoms with Crippen LogP contribution in [0.5, 0.6) is 0 Å². The molecule has 0 atom stereocenters. The number of anilines is 1. The molecular formula is C22H25N5O3S. The fourth-order valence-electron chi connectivity index (χ4n) is 4.05. The maximum absolute atomic E-state index is 11.7. The van der Waals surface area contributed by atoms with E-state index in [9.17, 15) is 4.79 Å².